The van der Waals surface area contributed by atoms with Crippen LogP contribution in [0.15, 0.2) is 16.7 Å². The van der Waals surface area contributed by atoms with Gasteiger partial charge < -0.3 is 10.2 Å². The molecule has 0 aliphatic carbocycles. The van der Waals surface area contributed by atoms with Crippen LogP contribution in [0.25, 0.3) is 0 Å². The lowest BCUT2D eigenvalue weighted by molar-refractivity contribution is -0.385. The van der Waals surface area contributed by atoms with Crippen LogP contribution in [0.1, 0.15) is 0 Å². The van der Waals surface area contributed by atoms with Crippen LogP contribution >= 0.6 is 15.9 Å². The van der Waals surface area contributed by atoms with Gasteiger partial charge in [-0.25, -0.2) is 4.98 Å². The monoisotopic (exact) mass is 341 g/mol. The van der Waals surface area contributed by atoms with Crippen LogP contribution in [0.4, 0.5) is 11.5 Å². The highest BCUT2D eigenvalue weighted by atomic mass is 79.9. The molecule has 0 bridgehead atoms. The van der Waals surface area contributed by atoms with Gasteiger partial charge in [0, 0.05) is 51.4 Å². The number of anilines is 1. The summed E-state index contributed by atoms with van der Waals surface area (Å²) in [6.07, 6.45) is 1.32. The Morgan fingerprint density at radius 3 is 2.55 bits per heavy atom. The highest BCUT2D eigenvalue weighted by molar-refractivity contribution is 9.10. The quantitative estimate of drug-likeness (QED) is 0.648. The van der Waals surface area contributed by atoms with E-state index in [9.17, 15) is 10.1 Å². The van der Waals surface area contributed by atoms with E-state index in [1.807, 2.05) is 0 Å². The molecule has 3 rings (SSSR count). The van der Waals surface area contributed by atoms with E-state index in [0.717, 1.165) is 45.1 Å². The van der Waals surface area contributed by atoms with Gasteiger partial charge in [-0.1, -0.05) is 0 Å². The number of nitrogens with zero attached hydrogens (tertiary/aromatic N) is 4. The predicted octanol–water partition coefficient (Wildman–Crippen LogP) is 0.846. The Morgan fingerprint density at radius 1 is 1.35 bits per heavy atom. The van der Waals surface area contributed by atoms with Crippen LogP contribution in [0.5, 0.6) is 0 Å². The molecular weight excluding hydrogens is 326 g/mol. The van der Waals surface area contributed by atoms with E-state index in [1.165, 1.54) is 12.3 Å². The van der Waals surface area contributed by atoms with Gasteiger partial charge in [0.15, 0.2) is 0 Å². The molecule has 8 heteroatoms. The third-order valence-corrected chi connectivity index (χ3v) is 4.49. The average molecular weight is 342 g/mol. The number of nitrogens with one attached hydrogen (secondary N) is 1. The third kappa shape index (κ3) is 2.63. The molecule has 2 aliphatic heterocycles. The van der Waals surface area contributed by atoms with Crippen molar-refractivity contribution in [2.24, 2.45) is 0 Å². The first-order valence-corrected chi connectivity index (χ1v) is 7.44. The number of rotatable bonds is 3. The minimum Gasteiger partial charge on any atom is -0.353 e. The smallest absolute Gasteiger partial charge is 0.288 e. The topological polar surface area (TPSA) is 74.5 Å². The first-order valence-electron chi connectivity index (χ1n) is 6.65. The summed E-state index contributed by atoms with van der Waals surface area (Å²) < 4.78 is 0.686. The van der Waals surface area contributed by atoms with Crippen molar-refractivity contribution in [3.05, 3.63) is 26.9 Å². The van der Waals surface area contributed by atoms with E-state index in [2.05, 4.69) is 36.0 Å². The average Bonchev–Trinajstić information content (AvgIpc) is 2.37. The van der Waals surface area contributed by atoms with Crippen LogP contribution in [0.2, 0.25) is 0 Å². The van der Waals surface area contributed by atoms with Gasteiger partial charge in [0.2, 0.25) is 0 Å². The molecule has 1 aromatic heterocycles. The highest BCUT2D eigenvalue weighted by Crippen LogP contribution is 2.28. The fourth-order valence-corrected chi connectivity index (χ4v) is 3.17. The molecule has 3 heterocycles. The molecule has 0 unspecified atom stereocenters. The Morgan fingerprint density at radius 2 is 2.05 bits per heavy atom. The van der Waals surface area contributed by atoms with Crippen LogP contribution in [0.3, 0.4) is 0 Å². The summed E-state index contributed by atoms with van der Waals surface area (Å²) in [5.41, 5.74) is 0.0137. The standard InChI is InChI=1S/C12H16BrN5O2/c13-11-5-9(18(19)20)8-15-12(11)17-3-1-16(2-4-17)10-6-14-7-10/h5,8,10,14H,1-4,6-7H2. The molecule has 1 N–H and O–H groups in total. The van der Waals surface area contributed by atoms with E-state index < -0.39 is 4.92 Å². The van der Waals surface area contributed by atoms with Gasteiger partial charge in [-0.2, -0.15) is 0 Å². The second kappa shape index (κ2) is 5.63. The number of hydrogen-bond donors (Lipinski definition) is 1. The van der Waals surface area contributed by atoms with E-state index in [-0.39, 0.29) is 5.69 Å². The Hall–Kier alpha value is -1.25. The van der Waals surface area contributed by atoms with Crippen molar-refractivity contribution in [1.29, 1.82) is 0 Å². The van der Waals surface area contributed by atoms with Gasteiger partial charge in [-0.3, -0.25) is 15.0 Å². The van der Waals surface area contributed by atoms with Gasteiger partial charge >= 0.3 is 0 Å². The van der Waals surface area contributed by atoms with Gasteiger partial charge in [0.1, 0.15) is 12.0 Å². The van der Waals surface area contributed by atoms with Crippen LogP contribution in [-0.2, 0) is 0 Å². The molecule has 0 spiro atoms. The maximum atomic E-state index is 10.7. The van der Waals surface area contributed by atoms with Crippen molar-refractivity contribution in [2.45, 2.75) is 6.04 Å². The fraction of sp³-hybridized carbons (Fsp3) is 0.583. The predicted molar refractivity (Wildman–Crippen MR) is 79.0 cm³/mol. The number of piperazine rings is 1. The van der Waals surface area contributed by atoms with Gasteiger partial charge in [-0.05, 0) is 15.9 Å². The Bertz CT molecular complexity index is 515. The van der Waals surface area contributed by atoms with Crippen LogP contribution in [-0.4, -0.2) is 60.1 Å². The summed E-state index contributed by atoms with van der Waals surface area (Å²) in [6, 6.07) is 2.19. The van der Waals surface area contributed by atoms with Crippen molar-refractivity contribution in [2.75, 3.05) is 44.2 Å². The van der Waals surface area contributed by atoms with Crippen molar-refractivity contribution < 1.29 is 4.92 Å². The first kappa shape index (κ1) is 13.7. The van der Waals surface area contributed by atoms with E-state index >= 15 is 0 Å². The molecule has 108 valence electrons. The molecule has 7 nitrogen and oxygen atoms in total. The number of nitro groups is 1. The van der Waals surface area contributed by atoms with Crippen molar-refractivity contribution in [3.63, 3.8) is 0 Å². The fourth-order valence-electron chi connectivity index (χ4n) is 2.58. The second-order valence-corrected chi connectivity index (χ2v) is 5.95. The molecule has 1 aromatic rings. The molecule has 0 atom stereocenters. The van der Waals surface area contributed by atoms with Crippen molar-refractivity contribution in [1.82, 2.24) is 15.2 Å². The summed E-state index contributed by atoms with van der Waals surface area (Å²) in [5, 5.41) is 14.0. The maximum absolute atomic E-state index is 10.7. The number of aromatic nitrogens is 1. The van der Waals surface area contributed by atoms with Gasteiger partial charge in [-0.15, -0.1) is 0 Å². The SMILES string of the molecule is O=[N+]([O-])c1cnc(N2CCN(C3CNC3)CC2)c(Br)c1. The minimum absolute atomic E-state index is 0.0137. The third-order valence-electron chi connectivity index (χ3n) is 3.91. The lowest BCUT2D eigenvalue weighted by atomic mass is 10.1. The molecular formula is C12H16BrN5O2. The molecule has 0 amide bonds. The Balaban J connectivity index is 1.66. The largest absolute Gasteiger partial charge is 0.353 e. The van der Waals surface area contributed by atoms with Crippen LogP contribution in [0, 0.1) is 10.1 Å². The van der Waals surface area contributed by atoms with Crippen molar-refractivity contribution in [3.8, 4) is 0 Å². The summed E-state index contributed by atoms with van der Waals surface area (Å²) in [5.74, 6) is 0.794. The molecule has 0 radical (unpaired) electrons. The summed E-state index contributed by atoms with van der Waals surface area (Å²) in [4.78, 5) is 19.2. The Kier molecular flexibility index (Phi) is 3.86. The summed E-state index contributed by atoms with van der Waals surface area (Å²) in [6.45, 7) is 5.99. The molecule has 2 aliphatic rings. The number of hydrogen-bond acceptors (Lipinski definition) is 6. The van der Waals surface area contributed by atoms with E-state index in [1.54, 1.807) is 0 Å². The summed E-state index contributed by atoms with van der Waals surface area (Å²) >= 11 is 3.39. The minimum atomic E-state index is -0.428. The molecule has 20 heavy (non-hydrogen) atoms. The van der Waals surface area contributed by atoms with E-state index in [4.69, 9.17) is 0 Å². The Labute approximate surface area is 125 Å². The van der Waals surface area contributed by atoms with Crippen LogP contribution < -0.4 is 10.2 Å². The molecule has 2 saturated heterocycles. The second-order valence-electron chi connectivity index (χ2n) is 5.09. The highest BCUT2D eigenvalue weighted by Gasteiger charge is 2.28. The molecule has 2 fully saturated rings. The number of halogens is 1. The lowest BCUT2D eigenvalue weighted by Crippen LogP contribution is -2.61. The number of pyridine rings is 1. The van der Waals surface area contributed by atoms with Gasteiger partial charge in [0.05, 0.1) is 9.40 Å². The summed E-state index contributed by atoms with van der Waals surface area (Å²) in [7, 11) is 0. The maximum Gasteiger partial charge on any atom is 0.288 e. The zero-order valence-electron chi connectivity index (χ0n) is 11.0. The van der Waals surface area contributed by atoms with E-state index in [0.29, 0.717) is 10.5 Å². The van der Waals surface area contributed by atoms with Crippen molar-refractivity contribution >= 4 is 27.4 Å². The zero-order valence-corrected chi connectivity index (χ0v) is 12.5. The molecule has 0 aromatic carbocycles. The lowest BCUT2D eigenvalue weighted by Gasteiger charge is -2.43. The first-order chi connectivity index (χ1) is 9.65. The molecule has 0 saturated carbocycles. The zero-order chi connectivity index (χ0) is 14.1. The normalized spacial score (nSPS) is 20.8. The van der Waals surface area contributed by atoms with Gasteiger partial charge in [0.25, 0.3) is 5.69 Å².